The predicted molar refractivity (Wildman–Crippen MR) is 61.6 cm³/mol. The van der Waals surface area contributed by atoms with Crippen LogP contribution in [0.15, 0.2) is 47.8 Å². The van der Waals surface area contributed by atoms with Crippen LogP contribution in [0.5, 0.6) is 6.01 Å². The molecule has 0 N–H and O–H groups in total. The fraction of sp³-hybridized carbons (Fsp3) is 0.0909. The van der Waals surface area contributed by atoms with Crippen molar-refractivity contribution >= 4 is 5.69 Å². The standard InChI is InChI=1S/C11H9N5O/c12-16-15-10-6-13-11(14-7-10)17-8-9-4-2-1-3-5-9/h1-7H,8H2. The van der Waals surface area contributed by atoms with E-state index in [9.17, 15) is 0 Å². The Hall–Kier alpha value is -2.59. The number of hydrogen-bond acceptors (Lipinski definition) is 4. The molecule has 1 aromatic heterocycles. The van der Waals surface area contributed by atoms with E-state index in [-0.39, 0.29) is 6.01 Å². The highest BCUT2D eigenvalue weighted by Gasteiger charge is 1.98. The molecule has 1 heterocycles. The maximum Gasteiger partial charge on any atom is 0.316 e. The van der Waals surface area contributed by atoms with E-state index < -0.39 is 0 Å². The van der Waals surface area contributed by atoms with Gasteiger partial charge in [0.05, 0.1) is 5.69 Å². The molecular weight excluding hydrogens is 218 g/mol. The van der Waals surface area contributed by atoms with Gasteiger partial charge in [0.1, 0.15) is 6.61 Å². The van der Waals surface area contributed by atoms with Gasteiger partial charge >= 0.3 is 6.01 Å². The summed E-state index contributed by atoms with van der Waals surface area (Å²) in [5, 5.41) is 3.37. The third kappa shape index (κ3) is 3.19. The van der Waals surface area contributed by atoms with Gasteiger partial charge in [-0.3, -0.25) is 0 Å². The zero-order valence-corrected chi connectivity index (χ0v) is 8.89. The number of benzene rings is 1. The molecule has 6 heteroatoms. The molecule has 0 saturated heterocycles. The normalized spacial score (nSPS) is 9.41. The van der Waals surface area contributed by atoms with E-state index in [0.717, 1.165) is 5.56 Å². The third-order valence-corrected chi connectivity index (χ3v) is 1.99. The molecule has 0 spiro atoms. The average Bonchev–Trinajstić information content (AvgIpc) is 2.40. The van der Waals surface area contributed by atoms with Gasteiger partial charge < -0.3 is 4.74 Å². The molecule has 0 aliphatic heterocycles. The Morgan fingerprint density at radius 2 is 1.88 bits per heavy atom. The summed E-state index contributed by atoms with van der Waals surface area (Å²) in [4.78, 5) is 10.5. The van der Waals surface area contributed by atoms with Crippen LogP contribution in [0, 0.1) is 0 Å². The molecule has 0 unspecified atom stereocenters. The van der Waals surface area contributed by atoms with E-state index in [0.29, 0.717) is 12.3 Å². The number of hydrogen-bond donors (Lipinski definition) is 0. The van der Waals surface area contributed by atoms with Gasteiger partial charge in [0.25, 0.3) is 0 Å². The monoisotopic (exact) mass is 227 g/mol. The Balaban J connectivity index is 1.98. The van der Waals surface area contributed by atoms with Crippen LogP contribution < -0.4 is 4.74 Å². The largest absolute Gasteiger partial charge is 0.459 e. The first-order chi connectivity index (χ1) is 8.38. The van der Waals surface area contributed by atoms with Crippen molar-refractivity contribution in [2.75, 3.05) is 0 Å². The van der Waals surface area contributed by atoms with E-state index in [1.165, 1.54) is 12.4 Å². The SMILES string of the molecule is [N-]=[N+]=Nc1cnc(OCc2ccccc2)nc1. The second kappa shape index (κ2) is 5.48. The van der Waals surface area contributed by atoms with Crippen molar-refractivity contribution in [1.29, 1.82) is 0 Å². The molecule has 0 fully saturated rings. The summed E-state index contributed by atoms with van der Waals surface area (Å²) < 4.78 is 5.37. The van der Waals surface area contributed by atoms with Crippen molar-refractivity contribution in [1.82, 2.24) is 9.97 Å². The van der Waals surface area contributed by atoms with Crippen LogP contribution in [0.2, 0.25) is 0 Å². The summed E-state index contributed by atoms with van der Waals surface area (Å²) in [6.45, 7) is 0.404. The second-order valence-corrected chi connectivity index (χ2v) is 3.19. The van der Waals surface area contributed by atoms with Crippen molar-refractivity contribution in [3.8, 4) is 6.01 Å². The minimum Gasteiger partial charge on any atom is -0.459 e. The van der Waals surface area contributed by atoms with E-state index in [1.807, 2.05) is 30.3 Å². The van der Waals surface area contributed by atoms with Crippen molar-refractivity contribution in [2.24, 2.45) is 5.11 Å². The molecule has 0 bridgehead atoms. The quantitative estimate of drug-likeness (QED) is 0.457. The van der Waals surface area contributed by atoms with Crippen molar-refractivity contribution in [3.63, 3.8) is 0 Å². The van der Waals surface area contributed by atoms with Crippen LogP contribution in [0.3, 0.4) is 0 Å². The van der Waals surface area contributed by atoms with Gasteiger partial charge in [0.2, 0.25) is 0 Å². The highest BCUT2D eigenvalue weighted by atomic mass is 16.5. The zero-order chi connectivity index (χ0) is 11.9. The highest BCUT2D eigenvalue weighted by Crippen LogP contribution is 2.11. The lowest BCUT2D eigenvalue weighted by atomic mass is 10.2. The van der Waals surface area contributed by atoms with Crippen LogP contribution >= 0.6 is 0 Å². The molecule has 0 atom stereocenters. The molecule has 0 aliphatic carbocycles. The van der Waals surface area contributed by atoms with E-state index in [1.54, 1.807) is 0 Å². The molecule has 2 rings (SSSR count). The molecular formula is C11H9N5O. The Kier molecular flexibility index (Phi) is 3.52. The molecule has 17 heavy (non-hydrogen) atoms. The maximum absolute atomic E-state index is 8.21. The maximum atomic E-state index is 8.21. The summed E-state index contributed by atoms with van der Waals surface area (Å²) in [7, 11) is 0. The van der Waals surface area contributed by atoms with Gasteiger partial charge in [-0.1, -0.05) is 35.4 Å². The fourth-order valence-corrected chi connectivity index (χ4v) is 1.21. The fourth-order valence-electron chi connectivity index (χ4n) is 1.21. The first-order valence-electron chi connectivity index (χ1n) is 4.92. The van der Waals surface area contributed by atoms with Gasteiger partial charge in [0.15, 0.2) is 0 Å². The summed E-state index contributed by atoms with van der Waals surface area (Å²) >= 11 is 0. The Bertz CT molecular complexity index is 519. The van der Waals surface area contributed by atoms with Gasteiger partial charge in [0, 0.05) is 17.3 Å². The Labute approximate surface area is 97.5 Å². The summed E-state index contributed by atoms with van der Waals surface area (Å²) in [5.74, 6) is 0. The van der Waals surface area contributed by atoms with Gasteiger partial charge in [-0.25, -0.2) is 9.97 Å². The van der Waals surface area contributed by atoms with Crippen LogP contribution in [-0.4, -0.2) is 9.97 Å². The Morgan fingerprint density at radius 3 is 2.53 bits per heavy atom. The number of azide groups is 1. The molecule has 1 aromatic carbocycles. The van der Waals surface area contributed by atoms with Crippen LogP contribution in [-0.2, 0) is 6.61 Å². The Morgan fingerprint density at radius 1 is 1.18 bits per heavy atom. The minimum atomic E-state index is 0.255. The molecule has 84 valence electrons. The van der Waals surface area contributed by atoms with Gasteiger partial charge in [-0.05, 0) is 11.1 Å². The second-order valence-electron chi connectivity index (χ2n) is 3.19. The van der Waals surface area contributed by atoms with E-state index in [4.69, 9.17) is 10.3 Å². The molecule has 0 saturated carbocycles. The van der Waals surface area contributed by atoms with E-state index >= 15 is 0 Å². The average molecular weight is 227 g/mol. The van der Waals surface area contributed by atoms with E-state index in [2.05, 4.69) is 20.0 Å². The number of aromatic nitrogens is 2. The van der Waals surface area contributed by atoms with Crippen LogP contribution in [0.1, 0.15) is 5.56 Å². The minimum absolute atomic E-state index is 0.255. The molecule has 6 nitrogen and oxygen atoms in total. The first-order valence-corrected chi connectivity index (χ1v) is 4.92. The lowest BCUT2D eigenvalue weighted by molar-refractivity contribution is 0.280. The lowest BCUT2D eigenvalue weighted by Crippen LogP contribution is -1.98. The molecule has 0 amide bonds. The summed E-state index contributed by atoms with van der Waals surface area (Å²) in [6.07, 6.45) is 2.82. The molecule has 2 aromatic rings. The summed E-state index contributed by atoms with van der Waals surface area (Å²) in [5.41, 5.74) is 9.61. The number of rotatable bonds is 4. The van der Waals surface area contributed by atoms with Crippen molar-refractivity contribution < 1.29 is 4.74 Å². The van der Waals surface area contributed by atoms with Crippen molar-refractivity contribution in [3.05, 3.63) is 58.7 Å². The third-order valence-electron chi connectivity index (χ3n) is 1.99. The van der Waals surface area contributed by atoms with Crippen molar-refractivity contribution in [2.45, 2.75) is 6.61 Å². The molecule has 0 radical (unpaired) electrons. The highest BCUT2D eigenvalue weighted by molar-refractivity contribution is 5.30. The van der Waals surface area contributed by atoms with Crippen LogP contribution in [0.25, 0.3) is 10.4 Å². The van der Waals surface area contributed by atoms with Gasteiger partial charge in [-0.15, -0.1) is 0 Å². The lowest BCUT2D eigenvalue weighted by Gasteiger charge is -2.03. The topological polar surface area (TPSA) is 83.8 Å². The van der Waals surface area contributed by atoms with Crippen LogP contribution in [0.4, 0.5) is 5.69 Å². The predicted octanol–water partition coefficient (Wildman–Crippen LogP) is 3.00. The smallest absolute Gasteiger partial charge is 0.316 e. The first kappa shape index (κ1) is 10.9. The number of ether oxygens (including phenoxy) is 1. The zero-order valence-electron chi connectivity index (χ0n) is 8.89. The summed E-state index contributed by atoms with van der Waals surface area (Å²) in [6, 6.07) is 9.97. The van der Waals surface area contributed by atoms with Gasteiger partial charge in [-0.2, -0.15) is 0 Å². The molecule has 0 aliphatic rings. The number of nitrogens with zero attached hydrogens (tertiary/aromatic N) is 5.